The summed E-state index contributed by atoms with van der Waals surface area (Å²) >= 11 is 1.48. The van der Waals surface area contributed by atoms with Crippen LogP contribution in [-0.2, 0) is 15.3 Å². The van der Waals surface area contributed by atoms with Gasteiger partial charge in [0.2, 0.25) is 5.91 Å². The predicted octanol–water partition coefficient (Wildman–Crippen LogP) is 2.09. The third-order valence-electron chi connectivity index (χ3n) is 2.80. The fourth-order valence-electron chi connectivity index (χ4n) is 1.74. The maximum absolute atomic E-state index is 11.6. The van der Waals surface area contributed by atoms with E-state index in [0.29, 0.717) is 6.61 Å². The van der Waals surface area contributed by atoms with Crippen molar-refractivity contribution in [3.8, 4) is 0 Å². The molecule has 0 fully saturated rings. The van der Waals surface area contributed by atoms with E-state index in [1.165, 1.54) is 22.9 Å². The van der Waals surface area contributed by atoms with Crippen LogP contribution in [0.15, 0.2) is 24.3 Å². The fraction of sp³-hybridized carbons (Fsp3) is 0.467. The van der Waals surface area contributed by atoms with Crippen molar-refractivity contribution in [3.05, 3.63) is 35.4 Å². The van der Waals surface area contributed by atoms with Gasteiger partial charge in [-0.25, -0.2) is 4.79 Å². The number of carbonyl (C=O) groups excluding carboxylic acids is 2. The number of nitrogens with one attached hydrogen (secondary N) is 2. The van der Waals surface area contributed by atoms with Crippen molar-refractivity contribution in [1.82, 2.24) is 10.6 Å². The van der Waals surface area contributed by atoms with Crippen LogP contribution in [0, 0.1) is 6.92 Å². The Bertz CT molecular complexity index is 480. The van der Waals surface area contributed by atoms with Crippen molar-refractivity contribution in [2.75, 3.05) is 19.5 Å². The van der Waals surface area contributed by atoms with Crippen LogP contribution < -0.4 is 10.6 Å². The highest BCUT2D eigenvalue weighted by Crippen LogP contribution is 2.15. The summed E-state index contributed by atoms with van der Waals surface area (Å²) in [6, 6.07) is 7.43. The Balaban J connectivity index is 2.25. The summed E-state index contributed by atoms with van der Waals surface area (Å²) in [6.07, 6.45) is 0. The van der Waals surface area contributed by atoms with E-state index >= 15 is 0 Å². The van der Waals surface area contributed by atoms with Crippen molar-refractivity contribution < 1.29 is 14.3 Å². The lowest BCUT2D eigenvalue weighted by Crippen LogP contribution is -2.45. The quantitative estimate of drug-likeness (QED) is 0.809. The molecule has 1 rings (SSSR count). The van der Waals surface area contributed by atoms with Crippen LogP contribution in [-0.4, -0.2) is 37.4 Å². The van der Waals surface area contributed by atoms with E-state index in [0.717, 1.165) is 5.75 Å². The zero-order chi connectivity index (χ0) is 15.7. The number of amides is 3. The van der Waals surface area contributed by atoms with Crippen LogP contribution in [0.2, 0.25) is 0 Å². The topological polar surface area (TPSA) is 67.4 Å². The summed E-state index contributed by atoms with van der Waals surface area (Å²) in [5.74, 6) is 0.707. The molecule has 5 nitrogen and oxygen atoms in total. The second-order valence-corrected chi connectivity index (χ2v) is 5.78. The minimum atomic E-state index is -0.485. The standard InChI is InChI=1S/C15H22N2O3S/c1-11-6-4-5-7-13(11)9-21-10-14(18)17-15(19)16-12(2)8-20-3/h4-7,12H,8-10H2,1-3H3,(H2,16,17,18,19). The number of rotatable bonds is 7. The highest BCUT2D eigenvalue weighted by Gasteiger charge is 2.10. The Labute approximate surface area is 129 Å². The Hall–Kier alpha value is -1.53. The fourth-order valence-corrected chi connectivity index (χ4v) is 2.64. The van der Waals surface area contributed by atoms with Crippen LogP contribution >= 0.6 is 11.8 Å². The van der Waals surface area contributed by atoms with Gasteiger partial charge in [-0.2, -0.15) is 0 Å². The van der Waals surface area contributed by atoms with Crippen molar-refractivity contribution in [1.29, 1.82) is 0 Å². The summed E-state index contributed by atoms with van der Waals surface area (Å²) in [6.45, 7) is 4.25. The normalized spacial score (nSPS) is 11.8. The molecule has 0 aliphatic carbocycles. The second-order valence-electron chi connectivity index (χ2n) is 4.80. The van der Waals surface area contributed by atoms with Gasteiger partial charge in [-0.05, 0) is 25.0 Å². The van der Waals surface area contributed by atoms with Gasteiger partial charge >= 0.3 is 6.03 Å². The van der Waals surface area contributed by atoms with Crippen molar-refractivity contribution in [2.24, 2.45) is 0 Å². The smallest absolute Gasteiger partial charge is 0.321 e. The van der Waals surface area contributed by atoms with Crippen molar-refractivity contribution in [3.63, 3.8) is 0 Å². The number of methoxy groups -OCH3 is 1. The third-order valence-corrected chi connectivity index (χ3v) is 3.78. The number of hydrogen-bond acceptors (Lipinski definition) is 4. The summed E-state index contributed by atoms with van der Waals surface area (Å²) in [7, 11) is 1.56. The molecule has 1 unspecified atom stereocenters. The average molecular weight is 310 g/mol. The van der Waals surface area contributed by atoms with Crippen LogP contribution in [0.5, 0.6) is 0 Å². The van der Waals surface area contributed by atoms with Crippen molar-refractivity contribution in [2.45, 2.75) is 25.6 Å². The number of carbonyl (C=O) groups is 2. The van der Waals surface area contributed by atoms with Crippen LogP contribution in [0.3, 0.4) is 0 Å². The van der Waals surface area contributed by atoms with E-state index in [2.05, 4.69) is 10.6 Å². The monoisotopic (exact) mass is 310 g/mol. The Morgan fingerprint density at radius 1 is 1.33 bits per heavy atom. The molecule has 0 aromatic heterocycles. The third kappa shape index (κ3) is 7.15. The zero-order valence-corrected chi connectivity index (χ0v) is 13.5. The number of benzene rings is 1. The first-order chi connectivity index (χ1) is 10.0. The van der Waals surface area contributed by atoms with Gasteiger partial charge < -0.3 is 10.1 Å². The summed E-state index contributed by atoms with van der Waals surface area (Å²) in [5.41, 5.74) is 2.41. The minimum Gasteiger partial charge on any atom is -0.383 e. The lowest BCUT2D eigenvalue weighted by atomic mass is 10.1. The highest BCUT2D eigenvalue weighted by molar-refractivity contribution is 7.99. The van der Waals surface area contributed by atoms with E-state index in [1.54, 1.807) is 14.0 Å². The molecule has 2 N–H and O–H groups in total. The maximum Gasteiger partial charge on any atom is 0.321 e. The molecule has 0 saturated heterocycles. The molecule has 1 aromatic rings. The molecular formula is C15H22N2O3S. The van der Waals surface area contributed by atoms with Gasteiger partial charge in [0.25, 0.3) is 0 Å². The molecular weight excluding hydrogens is 288 g/mol. The molecule has 0 spiro atoms. The molecule has 1 aromatic carbocycles. The first-order valence-corrected chi connectivity index (χ1v) is 7.90. The lowest BCUT2D eigenvalue weighted by Gasteiger charge is -2.13. The van der Waals surface area contributed by atoms with E-state index < -0.39 is 6.03 Å². The van der Waals surface area contributed by atoms with Crippen molar-refractivity contribution >= 4 is 23.7 Å². The largest absolute Gasteiger partial charge is 0.383 e. The first kappa shape index (κ1) is 17.5. The molecule has 0 heterocycles. The Morgan fingerprint density at radius 3 is 2.71 bits per heavy atom. The van der Waals surface area contributed by atoms with Gasteiger partial charge in [0.15, 0.2) is 0 Å². The van der Waals surface area contributed by atoms with Gasteiger partial charge in [0.05, 0.1) is 18.4 Å². The highest BCUT2D eigenvalue weighted by atomic mass is 32.2. The molecule has 6 heteroatoms. The van der Waals surface area contributed by atoms with Crippen LogP contribution in [0.4, 0.5) is 4.79 Å². The van der Waals surface area contributed by atoms with Crippen LogP contribution in [0.25, 0.3) is 0 Å². The van der Waals surface area contributed by atoms with E-state index in [-0.39, 0.29) is 17.7 Å². The molecule has 21 heavy (non-hydrogen) atoms. The van der Waals surface area contributed by atoms with E-state index in [9.17, 15) is 9.59 Å². The van der Waals surface area contributed by atoms with Crippen LogP contribution in [0.1, 0.15) is 18.1 Å². The molecule has 0 radical (unpaired) electrons. The Kier molecular flexibility index (Phi) is 7.85. The summed E-state index contributed by atoms with van der Waals surface area (Å²) in [5, 5.41) is 4.93. The molecule has 0 bridgehead atoms. The number of ether oxygens (including phenoxy) is 1. The molecule has 3 amide bonds. The molecule has 116 valence electrons. The lowest BCUT2D eigenvalue weighted by molar-refractivity contribution is -0.117. The summed E-state index contributed by atoms with van der Waals surface area (Å²) < 4.78 is 4.90. The first-order valence-electron chi connectivity index (χ1n) is 6.74. The number of urea groups is 1. The molecule has 0 saturated carbocycles. The molecule has 0 aliphatic rings. The van der Waals surface area contributed by atoms with Gasteiger partial charge in [0, 0.05) is 12.9 Å². The molecule has 1 atom stereocenters. The second kappa shape index (κ2) is 9.41. The van der Waals surface area contributed by atoms with Gasteiger partial charge in [-0.1, -0.05) is 24.3 Å². The maximum atomic E-state index is 11.6. The average Bonchev–Trinajstić information content (AvgIpc) is 2.40. The number of imide groups is 1. The van der Waals surface area contributed by atoms with E-state index in [4.69, 9.17) is 4.74 Å². The Morgan fingerprint density at radius 2 is 2.05 bits per heavy atom. The SMILES string of the molecule is COCC(C)NC(=O)NC(=O)CSCc1ccccc1C. The predicted molar refractivity (Wildman–Crippen MR) is 85.4 cm³/mol. The molecule has 0 aliphatic heterocycles. The zero-order valence-electron chi connectivity index (χ0n) is 12.6. The minimum absolute atomic E-state index is 0.137. The summed E-state index contributed by atoms with van der Waals surface area (Å²) in [4.78, 5) is 23.2. The van der Waals surface area contributed by atoms with Gasteiger partial charge in [-0.3, -0.25) is 10.1 Å². The van der Waals surface area contributed by atoms with E-state index in [1.807, 2.05) is 31.2 Å². The number of aryl methyl sites for hydroxylation is 1. The van der Waals surface area contributed by atoms with Gasteiger partial charge in [0.1, 0.15) is 0 Å². The number of hydrogen-bond donors (Lipinski definition) is 2. The number of thioether (sulfide) groups is 1. The van der Waals surface area contributed by atoms with Gasteiger partial charge in [-0.15, -0.1) is 11.8 Å².